The molecule has 0 aromatic heterocycles. The molecule has 98 valence electrons. The van der Waals surface area contributed by atoms with E-state index in [9.17, 15) is 4.79 Å². The van der Waals surface area contributed by atoms with Crippen molar-refractivity contribution >= 4 is 5.78 Å². The highest BCUT2D eigenvalue weighted by Gasteiger charge is 2.19. The minimum absolute atomic E-state index is 0.166. The van der Waals surface area contributed by atoms with Gasteiger partial charge in [-0.05, 0) is 32.7 Å². The van der Waals surface area contributed by atoms with Crippen molar-refractivity contribution in [3.63, 3.8) is 0 Å². The summed E-state index contributed by atoms with van der Waals surface area (Å²) < 4.78 is 0. The van der Waals surface area contributed by atoms with Gasteiger partial charge in [-0.1, -0.05) is 44.6 Å². The summed E-state index contributed by atoms with van der Waals surface area (Å²) in [6.07, 6.45) is 15.1. The van der Waals surface area contributed by atoms with E-state index in [0.717, 1.165) is 19.3 Å². The van der Waals surface area contributed by atoms with Gasteiger partial charge in [0.05, 0.1) is 6.04 Å². The first kappa shape index (κ1) is 16.1. The normalized spacial score (nSPS) is 22.1. The van der Waals surface area contributed by atoms with Gasteiger partial charge in [0.2, 0.25) is 0 Å². The Morgan fingerprint density at radius 3 is 2.00 bits per heavy atom. The average molecular weight is 237 g/mol. The van der Waals surface area contributed by atoms with E-state index in [1.165, 1.54) is 19.3 Å². The molecule has 1 fully saturated rings. The van der Waals surface area contributed by atoms with E-state index in [4.69, 9.17) is 0 Å². The van der Waals surface area contributed by atoms with E-state index >= 15 is 0 Å². The van der Waals surface area contributed by atoms with E-state index < -0.39 is 0 Å². The number of rotatable bonds is 1. The maximum atomic E-state index is 11.0. The van der Waals surface area contributed by atoms with E-state index in [1.807, 2.05) is 20.9 Å². The predicted octanol–water partition coefficient (Wildman–Crippen LogP) is 3.64. The highest BCUT2D eigenvalue weighted by atomic mass is 16.1. The molecule has 2 nitrogen and oxygen atoms in total. The van der Waals surface area contributed by atoms with Crippen LogP contribution in [0, 0.1) is 0 Å². The second-order valence-electron chi connectivity index (χ2n) is 3.99. The number of ketones is 1. The fourth-order valence-corrected chi connectivity index (χ4v) is 1.83. The van der Waals surface area contributed by atoms with Crippen LogP contribution in [0.25, 0.3) is 0 Å². The van der Waals surface area contributed by atoms with Crippen LogP contribution in [0.5, 0.6) is 0 Å². The van der Waals surface area contributed by atoms with Gasteiger partial charge in [0, 0.05) is 6.42 Å². The van der Waals surface area contributed by atoms with Crippen LogP contribution in [0.2, 0.25) is 0 Å². The molecule has 0 aliphatic heterocycles. The molecular weight excluding hydrogens is 210 g/mol. The molecule has 0 radical (unpaired) electrons. The molecule has 0 aromatic carbocycles. The Labute approximate surface area is 106 Å². The van der Waals surface area contributed by atoms with Gasteiger partial charge in [0.1, 0.15) is 5.78 Å². The number of likely N-dealkylation sites (N-methyl/N-ethyl adjacent to an activating group) is 1. The minimum atomic E-state index is 0.166. The Morgan fingerprint density at radius 2 is 1.71 bits per heavy atom. The van der Waals surface area contributed by atoms with Crippen molar-refractivity contribution in [3.05, 3.63) is 24.3 Å². The van der Waals surface area contributed by atoms with Gasteiger partial charge in [0.15, 0.2) is 0 Å². The van der Waals surface area contributed by atoms with Crippen molar-refractivity contribution in [3.8, 4) is 0 Å². The predicted molar refractivity (Wildman–Crippen MR) is 75.2 cm³/mol. The van der Waals surface area contributed by atoms with Crippen molar-refractivity contribution in [1.82, 2.24) is 5.32 Å². The zero-order valence-corrected chi connectivity index (χ0v) is 11.5. The van der Waals surface area contributed by atoms with Crippen molar-refractivity contribution < 1.29 is 4.79 Å². The van der Waals surface area contributed by atoms with Crippen molar-refractivity contribution in [2.24, 2.45) is 0 Å². The first-order valence-corrected chi connectivity index (χ1v) is 6.86. The van der Waals surface area contributed by atoms with Crippen LogP contribution in [-0.2, 0) is 4.79 Å². The first-order valence-electron chi connectivity index (χ1n) is 6.86. The molecule has 0 amide bonds. The maximum absolute atomic E-state index is 11.0. The van der Waals surface area contributed by atoms with Crippen LogP contribution in [-0.4, -0.2) is 18.9 Å². The van der Waals surface area contributed by atoms with Gasteiger partial charge >= 0.3 is 0 Å². The topological polar surface area (TPSA) is 29.1 Å². The molecule has 17 heavy (non-hydrogen) atoms. The highest BCUT2D eigenvalue weighted by molar-refractivity contribution is 5.84. The molecule has 2 rings (SSSR count). The lowest BCUT2D eigenvalue weighted by atomic mass is 9.94. The fraction of sp³-hybridized carbons (Fsp3) is 0.667. The van der Waals surface area contributed by atoms with Gasteiger partial charge in [-0.2, -0.15) is 0 Å². The first-order chi connectivity index (χ1) is 8.34. The molecule has 1 atom stereocenters. The molecule has 0 spiro atoms. The van der Waals surface area contributed by atoms with E-state index in [2.05, 4.69) is 29.6 Å². The number of hydrogen-bond donors (Lipinski definition) is 1. The van der Waals surface area contributed by atoms with Gasteiger partial charge in [-0.15, -0.1) is 0 Å². The smallest absolute Gasteiger partial charge is 0.149 e. The Bertz CT molecular complexity index is 231. The van der Waals surface area contributed by atoms with Gasteiger partial charge < -0.3 is 5.32 Å². The SMILES string of the molecule is C1=CCCC=C1.CC.CNC1CCCCC1=O. The Hall–Kier alpha value is -0.890. The second-order valence-corrected chi connectivity index (χ2v) is 3.99. The third kappa shape index (κ3) is 7.92. The molecule has 0 heterocycles. The van der Waals surface area contributed by atoms with Crippen LogP contribution in [0.4, 0.5) is 0 Å². The van der Waals surface area contributed by atoms with E-state index in [1.54, 1.807) is 0 Å². The molecule has 0 aromatic rings. The largest absolute Gasteiger partial charge is 0.311 e. The average Bonchev–Trinajstić information content (AvgIpc) is 2.44. The number of allylic oxidation sites excluding steroid dienone is 4. The third-order valence-corrected chi connectivity index (χ3v) is 2.79. The summed E-state index contributed by atoms with van der Waals surface area (Å²) in [6, 6.07) is 0.166. The number of hydrogen-bond acceptors (Lipinski definition) is 2. The zero-order chi connectivity index (χ0) is 12.9. The fourth-order valence-electron chi connectivity index (χ4n) is 1.83. The van der Waals surface area contributed by atoms with Crippen molar-refractivity contribution in [2.75, 3.05) is 7.05 Å². The van der Waals surface area contributed by atoms with Crippen LogP contribution in [0.15, 0.2) is 24.3 Å². The van der Waals surface area contributed by atoms with Gasteiger partial charge in [-0.25, -0.2) is 0 Å². The summed E-state index contributed by atoms with van der Waals surface area (Å²) in [5.74, 6) is 0.392. The number of carbonyl (C=O) groups excluding carboxylic acids is 1. The minimum Gasteiger partial charge on any atom is -0.311 e. The number of nitrogens with one attached hydrogen (secondary N) is 1. The highest BCUT2D eigenvalue weighted by Crippen LogP contribution is 2.13. The summed E-state index contributed by atoms with van der Waals surface area (Å²) in [5.41, 5.74) is 0. The summed E-state index contributed by atoms with van der Waals surface area (Å²) in [6.45, 7) is 4.00. The number of Topliss-reactive ketones (excluding diaryl/α,β-unsaturated/α-hetero) is 1. The summed E-state index contributed by atoms with van der Waals surface area (Å²) in [4.78, 5) is 11.0. The third-order valence-electron chi connectivity index (χ3n) is 2.79. The lowest BCUT2D eigenvalue weighted by molar-refractivity contribution is -0.122. The monoisotopic (exact) mass is 237 g/mol. The zero-order valence-electron chi connectivity index (χ0n) is 11.5. The van der Waals surface area contributed by atoms with E-state index in [-0.39, 0.29) is 6.04 Å². The molecule has 1 N–H and O–H groups in total. The van der Waals surface area contributed by atoms with Gasteiger partial charge in [-0.3, -0.25) is 4.79 Å². The van der Waals surface area contributed by atoms with Crippen molar-refractivity contribution in [2.45, 2.75) is 58.4 Å². The Balaban J connectivity index is 0.000000278. The summed E-state index contributed by atoms with van der Waals surface area (Å²) in [5, 5.41) is 3.00. The molecule has 0 bridgehead atoms. The maximum Gasteiger partial charge on any atom is 0.149 e. The van der Waals surface area contributed by atoms with Crippen molar-refractivity contribution in [1.29, 1.82) is 0 Å². The molecule has 2 aliphatic rings. The molecule has 1 saturated carbocycles. The Kier molecular flexibility index (Phi) is 11.0. The van der Waals surface area contributed by atoms with E-state index in [0.29, 0.717) is 5.78 Å². The number of carbonyl (C=O) groups is 1. The molecule has 2 aliphatic carbocycles. The Morgan fingerprint density at radius 1 is 1.12 bits per heavy atom. The summed E-state index contributed by atoms with van der Waals surface area (Å²) in [7, 11) is 1.86. The lowest BCUT2D eigenvalue weighted by Crippen LogP contribution is -2.36. The lowest BCUT2D eigenvalue weighted by Gasteiger charge is -2.18. The van der Waals surface area contributed by atoms with Crippen LogP contribution in [0.1, 0.15) is 52.4 Å². The van der Waals surface area contributed by atoms with Crippen LogP contribution < -0.4 is 5.32 Å². The molecular formula is C15H27NO. The molecule has 0 saturated heterocycles. The summed E-state index contributed by atoms with van der Waals surface area (Å²) >= 11 is 0. The standard InChI is InChI=1S/C7H13NO.C6H8.C2H6/c1-8-6-4-2-3-5-7(6)9;1-2-4-6-5-3-1;1-2/h6,8H,2-5H2,1H3;1-4H,5-6H2;1-2H3. The van der Waals surface area contributed by atoms with Gasteiger partial charge in [0.25, 0.3) is 0 Å². The second kappa shape index (κ2) is 11.6. The molecule has 2 heteroatoms. The van der Waals surface area contributed by atoms with Crippen LogP contribution in [0.3, 0.4) is 0 Å². The molecule has 1 unspecified atom stereocenters. The van der Waals surface area contributed by atoms with Crippen LogP contribution >= 0.6 is 0 Å². The quantitative estimate of drug-likeness (QED) is 0.754.